The first-order chi connectivity index (χ1) is 18.8. The monoisotopic (exact) mass is 539 g/mol. The number of carbonyl (C=O) groups excluding carboxylic acids is 5. The molecular formula is C27H33N5O7. The Hall–Kier alpha value is -4.06. The number of hydrogen-bond donors (Lipinski definition) is 2. The van der Waals surface area contributed by atoms with Gasteiger partial charge in [0, 0.05) is 32.2 Å². The third kappa shape index (κ3) is 5.85. The minimum absolute atomic E-state index is 0.0146. The smallest absolute Gasteiger partial charge is 0.310 e. The van der Waals surface area contributed by atoms with Crippen LogP contribution < -0.4 is 10.6 Å². The zero-order valence-corrected chi connectivity index (χ0v) is 22.1. The number of hydrazine groups is 1. The van der Waals surface area contributed by atoms with E-state index in [9.17, 15) is 24.0 Å². The van der Waals surface area contributed by atoms with Gasteiger partial charge >= 0.3 is 5.97 Å². The third-order valence-electron chi connectivity index (χ3n) is 6.97. The Labute approximate surface area is 226 Å². The van der Waals surface area contributed by atoms with Gasteiger partial charge in [-0.3, -0.25) is 34.0 Å². The lowest BCUT2D eigenvalue weighted by Gasteiger charge is -2.43. The van der Waals surface area contributed by atoms with Gasteiger partial charge in [-0.05, 0) is 31.7 Å². The van der Waals surface area contributed by atoms with E-state index in [-0.39, 0.29) is 44.0 Å². The number of nitrogens with zero attached hydrogens (tertiary/aromatic N) is 3. The van der Waals surface area contributed by atoms with Gasteiger partial charge in [-0.2, -0.15) is 0 Å². The Bertz CT molecular complexity index is 1200. The summed E-state index contributed by atoms with van der Waals surface area (Å²) in [6.45, 7) is 6.07. The number of nitrogens with one attached hydrogen (secondary N) is 2. The largest absolute Gasteiger partial charge is 0.433 e. The Kier molecular flexibility index (Phi) is 8.75. The van der Waals surface area contributed by atoms with E-state index in [0.29, 0.717) is 24.0 Å². The fourth-order valence-electron chi connectivity index (χ4n) is 5.12. The molecule has 4 amide bonds. The van der Waals surface area contributed by atoms with Crippen LogP contribution in [0.25, 0.3) is 6.08 Å². The van der Waals surface area contributed by atoms with Gasteiger partial charge in [-0.15, -0.1) is 0 Å². The summed E-state index contributed by atoms with van der Waals surface area (Å²) in [5.74, 6) is -2.49. The number of ether oxygens (including phenoxy) is 2. The molecule has 0 spiro atoms. The van der Waals surface area contributed by atoms with E-state index >= 15 is 0 Å². The van der Waals surface area contributed by atoms with Crippen molar-refractivity contribution in [3.63, 3.8) is 0 Å². The predicted molar refractivity (Wildman–Crippen MR) is 140 cm³/mol. The number of fused-ring (bicyclic) bond motifs is 1. The lowest BCUT2D eigenvalue weighted by Crippen LogP contribution is -2.64. The van der Waals surface area contributed by atoms with Gasteiger partial charge in [0.05, 0.1) is 6.42 Å². The van der Waals surface area contributed by atoms with Crippen molar-refractivity contribution in [3.05, 3.63) is 42.0 Å². The second-order valence-corrected chi connectivity index (χ2v) is 9.42. The van der Waals surface area contributed by atoms with E-state index in [2.05, 4.69) is 22.2 Å². The van der Waals surface area contributed by atoms with Gasteiger partial charge < -0.3 is 20.1 Å². The summed E-state index contributed by atoms with van der Waals surface area (Å²) in [6.07, 6.45) is 1.51. The summed E-state index contributed by atoms with van der Waals surface area (Å²) in [6, 6.07) is 4.33. The van der Waals surface area contributed by atoms with Crippen molar-refractivity contribution in [2.24, 2.45) is 4.99 Å². The van der Waals surface area contributed by atoms with Crippen molar-refractivity contribution in [3.8, 4) is 0 Å². The molecule has 39 heavy (non-hydrogen) atoms. The van der Waals surface area contributed by atoms with Gasteiger partial charge in [0.1, 0.15) is 23.8 Å². The molecule has 3 aliphatic heterocycles. The molecule has 3 fully saturated rings. The van der Waals surface area contributed by atoms with Crippen LogP contribution in [0.3, 0.4) is 0 Å². The lowest BCUT2D eigenvalue weighted by atomic mass is 10.0. The number of hydrogen-bond acceptors (Lipinski definition) is 8. The molecule has 0 saturated carbocycles. The topological polar surface area (TPSA) is 147 Å². The molecule has 0 unspecified atom stereocenters. The fourth-order valence-corrected chi connectivity index (χ4v) is 5.12. The molecule has 0 aliphatic carbocycles. The predicted octanol–water partition coefficient (Wildman–Crippen LogP) is 0.556. The molecule has 3 heterocycles. The summed E-state index contributed by atoms with van der Waals surface area (Å²) in [5, 5.41) is 7.95. The van der Waals surface area contributed by atoms with Gasteiger partial charge in [0.2, 0.25) is 18.1 Å². The average molecular weight is 540 g/mol. The molecule has 0 aromatic heterocycles. The molecule has 1 aromatic rings. The van der Waals surface area contributed by atoms with E-state index in [1.54, 1.807) is 31.2 Å². The molecule has 2 N–H and O–H groups in total. The number of amides is 4. The van der Waals surface area contributed by atoms with E-state index in [1.807, 2.05) is 6.07 Å². The summed E-state index contributed by atoms with van der Waals surface area (Å²) in [5.41, 5.74) is 1.37. The van der Waals surface area contributed by atoms with E-state index in [1.165, 1.54) is 12.1 Å². The minimum atomic E-state index is -1.06. The maximum absolute atomic E-state index is 13.8. The fraction of sp³-hybridized carbons (Fsp3) is 0.481. The number of esters is 1. The Morgan fingerprint density at radius 1 is 1.21 bits per heavy atom. The molecule has 4 atom stereocenters. The molecule has 0 radical (unpaired) electrons. The maximum Gasteiger partial charge on any atom is 0.310 e. The Balaban J connectivity index is 1.54. The zero-order valence-electron chi connectivity index (χ0n) is 22.1. The molecule has 3 saturated heterocycles. The highest BCUT2D eigenvalue weighted by atomic mass is 16.7. The van der Waals surface area contributed by atoms with Crippen LogP contribution in [0, 0.1) is 0 Å². The zero-order chi connectivity index (χ0) is 28.1. The Morgan fingerprint density at radius 2 is 1.97 bits per heavy atom. The third-order valence-corrected chi connectivity index (χ3v) is 6.97. The van der Waals surface area contributed by atoms with Crippen LogP contribution in [0.1, 0.15) is 50.2 Å². The second-order valence-electron chi connectivity index (χ2n) is 9.42. The number of cyclic esters (lactones) is 1. The first-order valence-electron chi connectivity index (χ1n) is 13.0. The first kappa shape index (κ1) is 28.0. The molecule has 0 bridgehead atoms. The van der Waals surface area contributed by atoms with Crippen LogP contribution in [0.15, 0.2) is 35.8 Å². The number of benzene rings is 1. The van der Waals surface area contributed by atoms with Gasteiger partial charge in [0.15, 0.2) is 0 Å². The minimum Gasteiger partial charge on any atom is -0.433 e. The van der Waals surface area contributed by atoms with Crippen LogP contribution in [-0.4, -0.2) is 89.9 Å². The molecule has 1 aromatic carbocycles. The second kappa shape index (κ2) is 12.2. The van der Waals surface area contributed by atoms with Crippen molar-refractivity contribution in [2.45, 2.75) is 63.4 Å². The van der Waals surface area contributed by atoms with Crippen molar-refractivity contribution in [1.82, 2.24) is 20.7 Å². The normalized spacial score (nSPS) is 25.5. The van der Waals surface area contributed by atoms with Crippen molar-refractivity contribution in [2.75, 3.05) is 20.2 Å². The number of rotatable bonds is 8. The molecule has 12 heteroatoms. The van der Waals surface area contributed by atoms with Crippen LogP contribution in [0.5, 0.6) is 0 Å². The van der Waals surface area contributed by atoms with E-state index < -0.39 is 48.1 Å². The molecule has 3 aliphatic rings. The number of aliphatic imine (C=N–C) groups is 1. The summed E-state index contributed by atoms with van der Waals surface area (Å²) in [7, 11) is 1.48. The molecule has 4 rings (SSSR count). The summed E-state index contributed by atoms with van der Waals surface area (Å²) in [4.78, 5) is 69.4. The molecule has 208 valence electrons. The van der Waals surface area contributed by atoms with Gasteiger partial charge in [-0.1, -0.05) is 36.9 Å². The van der Waals surface area contributed by atoms with Crippen LogP contribution >= 0.6 is 0 Å². The van der Waals surface area contributed by atoms with Crippen molar-refractivity contribution < 1.29 is 33.4 Å². The van der Waals surface area contributed by atoms with Crippen molar-refractivity contribution >= 4 is 41.4 Å². The number of carbonyl (C=O) groups is 5. The highest BCUT2D eigenvalue weighted by Gasteiger charge is 2.46. The average Bonchev–Trinajstić information content (AvgIpc) is 3.23. The highest BCUT2D eigenvalue weighted by molar-refractivity contribution is 6.46. The summed E-state index contributed by atoms with van der Waals surface area (Å²) < 4.78 is 10.5. The van der Waals surface area contributed by atoms with Crippen molar-refractivity contribution in [1.29, 1.82) is 0 Å². The molecule has 12 nitrogen and oxygen atoms in total. The van der Waals surface area contributed by atoms with E-state index in [0.717, 1.165) is 5.01 Å². The van der Waals surface area contributed by atoms with E-state index in [4.69, 9.17) is 9.47 Å². The maximum atomic E-state index is 13.8. The standard InChI is InChI=1S/C27H33N5O7/c1-4-16-9-6-7-10-17(16)23(28-3)25(36)29-18-12-13-21(33)31-14-8-11-20(32(31)26(18)37)24(35)30-19-15-22(34)39-27(19)38-5-2/h4,6-7,9-10,18-20,27H,1,5,8,11-15H2,2-3H3,(H,29,36)(H,30,35)/t18-,19-,20-,27+/m0/s1. The first-order valence-corrected chi connectivity index (χ1v) is 13.0. The SMILES string of the molecule is C=Cc1ccccc1C(=NC)C(=O)N[C@H]1CCC(=O)N2CCC[C@@H](C(=O)N[C@H]3CC(=O)O[C@H]3OCC)N2C1=O. The highest BCUT2D eigenvalue weighted by Crippen LogP contribution is 2.26. The van der Waals surface area contributed by atoms with Gasteiger partial charge in [-0.25, -0.2) is 5.01 Å². The van der Waals surface area contributed by atoms with Crippen LogP contribution in [-0.2, 0) is 33.4 Å². The Morgan fingerprint density at radius 3 is 2.69 bits per heavy atom. The summed E-state index contributed by atoms with van der Waals surface area (Å²) >= 11 is 0. The van der Waals surface area contributed by atoms with Crippen LogP contribution in [0.4, 0.5) is 0 Å². The van der Waals surface area contributed by atoms with Gasteiger partial charge in [0.25, 0.3) is 11.8 Å². The van der Waals surface area contributed by atoms with Crippen LogP contribution in [0.2, 0.25) is 0 Å². The molecular weight excluding hydrogens is 506 g/mol. The quantitative estimate of drug-likeness (QED) is 0.362. The lowest BCUT2D eigenvalue weighted by molar-refractivity contribution is -0.177.